The highest BCUT2D eigenvalue weighted by atomic mass is 32.2. The van der Waals surface area contributed by atoms with Gasteiger partial charge in [0.25, 0.3) is 21.5 Å². The summed E-state index contributed by atoms with van der Waals surface area (Å²) in [4.78, 5) is 38.3. The van der Waals surface area contributed by atoms with Gasteiger partial charge in [0.2, 0.25) is 0 Å². The van der Waals surface area contributed by atoms with Crippen molar-refractivity contribution >= 4 is 44.6 Å². The summed E-state index contributed by atoms with van der Waals surface area (Å²) >= 11 is 1.09. The zero-order valence-corrected chi connectivity index (χ0v) is 21.8. The molecule has 2 N–H and O–H groups in total. The van der Waals surface area contributed by atoms with Crippen LogP contribution in [0.3, 0.4) is 0 Å². The number of benzene rings is 2. The normalized spacial score (nSPS) is 12.1. The number of amides is 1. The van der Waals surface area contributed by atoms with E-state index in [1.165, 1.54) is 41.9 Å². The Balaban J connectivity index is 1.42. The molecule has 10 nitrogen and oxygen atoms in total. The molecule has 37 heavy (non-hydrogen) atoms. The van der Waals surface area contributed by atoms with Gasteiger partial charge < -0.3 is 10.1 Å². The standard InChI is InChI=1S/C25H24N4O6S2/c1-16-22(24(31)29(28(16)3)20-8-5-4-6-9-20)26-23(30)17(2)35-25(32)18-11-13-19(14-12-18)27-37(33,34)21-10-7-15-36-21/h4-15,17,27H,1-3H3,(H,26,30). The Morgan fingerprint density at radius 3 is 2.30 bits per heavy atom. The third kappa shape index (κ3) is 5.49. The number of carbonyl (C=O) groups excluding carboxylic acids is 2. The molecule has 0 radical (unpaired) electrons. The predicted octanol–water partition coefficient (Wildman–Crippen LogP) is 3.53. The monoisotopic (exact) mass is 540 g/mol. The summed E-state index contributed by atoms with van der Waals surface area (Å²) in [5.74, 6) is -1.44. The lowest BCUT2D eigenvalue weighted by Gasteiger charge is -2.13. The molecule has 0 aliphatic rings. The molecule has 4 aromatic rings. The van der Waals surface area contributed by atoms with Crippen LogP contribution in [0.2, 0.25) is 0 Å². The molecule has 0 saturated heterocycles. The smallest absolute Gasteiger partial charge is 0.338 e. The van der Waals surface area contributed by atoms with E-state index in [-0.39, 0.29) is 21.1 Å². The Morgan fingerprint density at radius 2 is 1.68 bits per heavy atom. The molecule has 0 fully saturated rings. The number of para-hydroxylation sites is 1. The second kappa shape index (κ2) is 10.4. The number of nitrogens with zero attached hydrogens (tertiary/aromatic N) is 2. The first-order valence-corrected chi connectivity index (χ1v) is 13.5. The van der Waals surface area contributed by atoms with Crippen molar-refractivity contribution < 1.29 is 22.7 Å². The van der Waals surface area contributed by atoms with E-state index in [4.69, 9.17) is 4.74 Å². The fourth-order valence-corrected chi connectivity index (χ4v) is 5.57. The minimum absolute atomic E-state index is 0.0848. The number of nitrogens with one attached hydrogen (secondary N) is 2. The molecule has 2 heterocycles. The Morgan fingerprint density at radius 1 is 1.00 bits per heavy atom. The number of hydrogen-bond donors (Lipinski definition) is 2. The Hall–Kier alpha value is -4.16. The summed E-state index contributed by atoms with van der Waals surface area (Å²) in [5, 5.41) is 4.22. The van der Waals surface area contributed by atoms with Gasteiger partial charge in [-0.05, 0) is 61.7 Å². The lowest BCUT2D eigenvalue weighted by molar-refractivity contribution is -0.123. The van der Waals surface area contributed by atoms with Crippen molar-refractivity contribution in [3.05, 3.63) is 93.7 Å². The summed E-state index contributed by atoms with van der Waals surface area (Å²) in [5.41, 5.74) is 1.23. The van der Waals surface area contributed by atoms with Crippen LogP contribution in [0.5, 0.6) is 0 Å². The van der Waals surface area contributed by atoms with Crippen LogP contribution in [-0.2, 0) is 26.6 Å². The lowest BCUT2D eigenvalue weighted by Crippen LogP contribution is -2.32. The maximum absolute atomic E-state index is 13.0. The van der Waals surface area contributed by atoms with Gasteiger partial charge in [-0.15, -0.1) is 11.3 Å². The van der Waals surface area contributed by atoms with Crippen LogP contribution >= 0.6 is 11.3 Å². The number of aromatic nitrogens is 2. The molecular weight excluding hydrogens is 516 g/mol. The predicted molar refractivity (Wildman–Crippen MR) is 141 cm³/mol. The highest BCUT2D eigenvalue weighted by Crippen LogP contribution is 2.21. The van der Waals surface area contributed by atoms with Gasteiger partial charge in [0.1, 0.15) is 9.90 Å². The van der Waals surface area contributed by atoms with Crippen molar-refractivity contribution in [1.82, 2.24) is 9.36 Å². The molecule has 12 heteroatoms. The Labute approximate surface area is 217 Å². The number of ether oxygens (including phenoxy) is 1. The largest absolute Gasteiger partial charge is 0.449 e. The summed E-state index contributed by atoms with van der Waals surface area (Å²) in [6, 6.07) is 17.7. The van der Waals surface area contributed by atoms with Crippen molar-refractivity contribution in [3.8, 4) is 5.69 Å². The van der Waals surface area contributed by atoms with Gasteiger partial charge in [-0.2, -0.15) is 0 Å². The number of anilines is 2. The van der Waals surface area contributed by atoms with E-state index in [0.717, 1.165) is 11.3 Å². The number of thiophene rings is 1. The van der Waals surface area contributed by atoms with Crippen LogP contribution < -0.4 is 15.6 Å². The van der Waals surface area contributed by atoms with Crippen LogP contribution in [0, 0.1) is 6.92 Å². The maximum Gasteiger partial charge on any atom is 0.338 e. The average Bonchev–Trinajstić information content (AvgIpc) is 3.49. The maximum atomic E-state index is 13.0. The minimum Gasteiger partial charge on any atom is -0.449 e. The van der Waals surface area contributed by atoms with Gasteiger partial charge in [0, 0.05) is 12.7 Å². The van der Waals surface area contributed by atoms with Crippen LogP contribution in [0.25, 0.3) is 5.69 Å². The third-order valence-corrected chi connectivity index (χ3v) is 8.37. The van der Waals surface area contributed by atoms with Crippen molar-refractivity contribution in [3.63, 3.8) is 0 Å². The fourth-order valence-electron chi connectivity index (χ4n) is 3.52. The van der Waals surface area contributed by atoms with Crippen LogP contribution in [0.1, 0.15) is 23.0 Å². The molecule has 0 aliphatic carbocycles. The highest BCUT2D eigenvalue weighted by molar-refractivity contribution is 7.94. The summed E-state index contributed by atoms with van der Waals surface area (Å²) in [6.07, 6.45) is -1.20. The molecule has 1 unspecified atom stereocenters. The Bertz CT molecular complexity index is 1590. The average molecular weight is 541 g/mol. The minimum atomic E-state index is -3.72. The first-order valence-electron chi connectivity index (χ1n) is 11.1. The topological polar surface area (TPSA) is 128 Å². The fraction of sp³-hybridized carbons (Fsp3) is 0.160. The van der Waals surface area contributed by atoms with E-state index in [1.54, 1.807) is 54.4 Å². The summed E-state index contributed by atoms with van der Waals surface area (Å²) in [6.45, 7) is 3.09. The van der Waals surface area contributed by atoms with Gasteiger partial charge in [-0.1, -0.05) is 24.3 Å². The zero-order valence-electron chi connectivity index (χ0n) is 20.2. The molecule has 0 spiro atoms. The van der Waals surface area contributed by atoms with Crippen molar-refractivity contribution in [2.24, 2.45) is 7.05 Å². The zero-order chi connectivity index (χ0) is 26.7. The van der Waals surface area contributed by atoms with E-state index in [0.29, 0.717) is 11.4 Å². The number of rotatable bonds is 8. The second-order valence-corrected chi connectivity index (χ2v) is 10.9. The highest BCUT2D eigenvalue weighted by Gasteiger charge is 2.24. The molecule has 2 aromatic heterocycles. The molecule has 0 saturated carbocycles. The molecular formula is C25H24N4O6S2. The van der Waals surface area contributed by atoms with E-state index < -0.39 is 33.6 Å². The number of hydrogen-bond acceptors (Lipinski definition) is 7. The van der Waals surface area contributed by atoms with Gasteiger partial charge in [-0.3, -0.25) is 19.0 Å². The second-order valence-electron chi connectivity index (χ2n) is 8.09. The van der Waals surface area contributed by atoms with Crippen molar-refractivity contribution in [2.45, 2.75) is 24.2 Å². The van der Waals surface area contributed by atoms with Gasteiger partial charge >= 0.3 is 5.97 Å². The summed E-state index contributed by atoms with van der Waals surface area (Å²) < 4.78 is 35.6. The number of esters is 1. The molecule has 1 amide bonds. The van der Waals surface area contributed by atoms with Gasteiger partial charge in [0.15, 0.2) is 6.10 Å². The van der Waals surface area contributed by atoms with E-state index in [2.05, 4.69) is 10.0 Å². The molecule has 1 atom stereocenters. The van der Waals surface area contributed by atoms with Crippen LogP contribution in [0.4, 0.5) is 11.4 Å². The van der Waals surface area contributed by atoms with Crippen LogP contribution in [-0.4, -0.2) is 35.8 Å². The molecule has 0 bridgehead atoms. The lowest BCUT2D eigenvalue weighted by atomic mass is 10.2. The SMILES string of the molecule is Cc1c(NC(=O)C(C)OC(=O)c2ccc(NS(=O)(=O)c3cccs3)cc2)c(=O)n(-c2ccccc2)n1C. The van der Waals surface area contributed by atoms with Crippen molar-refractivity contribution in [1.29, 1.82) is 0 Å². The first-order chi connectivity index (χ1) is 17.6. The quantitative estimate of drug-likeness (QED) is 0.329. The summed E-state index contributed by atoms with van der Waals surface area (Å²) in [7, 11) is -2.02. The van der Waals surface area contributed by atoms with Crippen molar-refractivity contribution in [2.75, 3.05) is 10.0 Å². The molecule has 2 aromatic carbocycles. The Kier molecular flexibility index (Phi) is 7.32. The molecule has 4 rings (SSSR count). The molecule has 192 valence electrons. The van der Waals surface area contributed by atoms with E-state index >= 15 is 0 Å². The van der Waals surface area contributed by atoms with E-state index in [1.807, 2.05) is 6.07 Å². The van der Waals surface area contributed by atoms with Gasteiger partial charge in [-0.25, -0.2) is 17.9 Å². The number of carbonyl (C=O) groups is 2. The first kappa shape index (κ1) is 25.9. The third-order valence-electron chi connectivity index (χ3n) is 5.59. The van der Waals surface area contributed by atoms with E-state index in [9.17, 15) is 22.8 Å². The van der Waals surface area contributed by atoms with Crippen LogP contribution in [0.15, 0.2) is 81.1 Å². The molecule has 0 aliphatic heterocycles. The number of sulfonamides is 1. The van der Waals surface area contributed by atoms with Gasteiger partial charge in [0.05, 0.1) is 16.9 Å².